The van der Waals surface area contributed by atoms with E-state index >= 15 is 0 Å². The predicted octanol–water partition coefficient (Wildman–Crippen LogP) is 5.80. The number of carbonyl (C=O) groups is 1. The summed E-state index contributed by atoms with van der Waals surface area (Å²) in [5.41, 5.74) is 3.25. The molecule has 3 nitrogen and oxygen atoms in total. The lowest BCUT2D eigenvalue weighted by Crippen LogP contribution is -2.26. The highest BCUT2D eigenvalue weighted by atomic mass is 16.5. The van der Waals surface area contributed by atoms with Crippen LogP contribution >= 0.6 is 0 Å². The Balaban J connectivity index is 2.15. The number of esters is 1. The molecule has 0 bridgehead atoms. The van der Waals surface area contributed by atoms with Gasteiger partial charge in [-0.2, -0.15) is 0 Å². The van der Waals surface area contributed by atoms with Crippen molar-refractivity contribution in [2.24, 2.45) is 5.41 Å². The number of carbonyl (C=O) groups excluding carboxylic acids is 1. The van der Waals surface area contributed by atoms with Gasteiger partial charge in [-0.15, -0.1) is 0 Å². The molecule has 0 radical (unpaired) electrons. The van der Waals surface area contributed by atoms with Crippen LogP contribution in [0, 0.1) is 5.41 Å². The third-order valence-corrected chi connectivity index (χ3v) is 4.74. The van der Waals surface area contributed by atoms with Gasteiger partial charge in [-0.1, -0.05) is 37.1 Å². The van der Waals surface area contributed by atoms with E-state index in [0.717, 1.165) is 32.1 Å². The average molecular weight is 342 g/mol. The van der Waals surface area contributed by atoms with Gasteiger partial charge in [-0.25, -0.2) is 4.79 Å². The second kappa shape index (κ2) is 8.37. The molecule has 3 heteroatoms. The van der Waals surface area contributed by atoms with E-state index in [1.165, 1.54) is 23.3 Å². The van der Waals surface area contributed by atoms with Crippen molar-refractivity contribution < 1.29 is 14.6 Å². The lowest BCUT2D eigenvalue weighted by atomic mass is 9.81. The molecule has 2 rings (SSSR count). The fourth-order valence-electron chi connectivity index (χ4n) is 3.21. The first-order valence-electron chi connectivity index (χ1n) is 9.06. The van der Waals surface area contributed by atoms with Crippen LogP contribution in [0.2, 0.25) is 0 Å². The molecule has 0 aliphatic heterocycles. The molecule has 1 aliphatic carbocycles. The third kappa shape index (κ3) is 6.41. The molecule has 0 saturated carbocycles. The normalized spacial score (nSPS) is 23.6. The zero-order chi connectivity index (χ0) is 18.4. The fourth-order valence-corrected chi connectivity index (χ4v) is 3.21. The lowest BCUT2D eigenvalue weighted by Gasteiger charge is -2.29. The summed E-state index contributed by atoms with van der Waals surface area (Å²) < 4.78 is 5.84. The molecular weight excluding hydrogens is 312 g/mol. The maximum Gasteiger partial charge on any atom is 0.338 e. The summed E-state index contributed by atoms with van der Waals surface area (Å²) in [6.45, 7) is 8.77. The molecule has 0 amide bonds. The molecule has 1 aromatic rings. The van der Waals surface area contributed by atoms with Crippen LogP contribution in [0.5, 0.6) is 5.75 Å². The van der Waals surface area contributed by atoms with Gasteiger partial charge in [0.15, 0.2) is 0 Å². The molecule has 1 N–H and O–H groups in total. The van der Waals surface area contributed by atoms with Crippen LogP contribution in [0.25, 0.3) is 0 Å². The standard InChI is InChI=1S/C22H30O3/c1-16-6-5-7-17(2)14-20(15-22(3,4)13-12-16)25-21(24)18-8-10-19(23)11-9-18/h7-12,20,23H,5-6,13-15H2,1-4H3/b16-12?,17-7-/t20-/m1/s1. The average Bonchev–Trinajstić information content (AvgIpc) is 2.54. The molecule has 1 atom stereocenters. The van der Waals surface area contributed by atoms with Gasteiger partial charge < -0.3 is 9.84 Å². The zero-order valence-corrected chi connectivity index (χ0v) is 15.8. The van der Waals surface area contributed by atoms with Crippen LogP contribution in [-0.4, -0.2) is 17.2 Å². The number of ether oxygens (including phenoxy) is 1. The van der Waals surface area contributed by atoms with Gasteiger partial charge in [0.25, 0.3) is 0 Å². The van der Waals surface area contributed by atoms with Crippen LogP contribution in [0.15, 0.2) is 47.6 Å². The minimum Gasteiger partial charge on any atom is -0.508 e. The van der Waals surface area contributed by atoms with Gasteiger partial charge in [-0.05, 0) is 69.2 Å². The Morgan fingerprint density at radius 1 is 1.12 bits per heavy atom. The molecule has 0 aromatic heterocycles. The number of allylic oxidation sites excluding steroid dienone is 3. The van der Waals surface area contributed by atoms with Crippen LogP contribution in [-0.2, 0) is 4.74 Å². The number of phenols is 1. The summed E-state index contributed by atoms with van der Waals surface area (Å²) in [7, 11) is 0. The van der Waals surface area contributed by atoms with E-state index in [4.69, 9.17) is 4.74 Å². The summed E-state index contributed by atoms with van der Waals surface area (Å²) in [6, 6.07) is 6.22. The number of benzene rings is 1. The maximum atomic E-state index is 12.5. The molecule has 136 valence electrons. The molecule has 1 aromatic carbocycles. The van der Waals surface area contributed by atoms with E-state index in [1.54, 1.807) is 12.1 Å². The molecule has 0 spiro atoms. The maximum absolute atomic E-state index is 12.5. The Kier molecular flexibility index (Phi) is 6.46. The van der Waals surface area contributed by atoms with Crippen molar-refractivity contribution in [3.05, 3.63) is 53.1 Å². The Bertz CT molecular complexity index is 650. The van der Waals surface area contributed by atoms with E-state index < -0.39 is 0 Å². The van der Waals surface area contributed by atoms with Crippen molar-refractivity contribution in [3.63, 3.8) is 0 Å². The Hall–Kier alpha value is -2.03. The summed E-state index contributed by atoms with van der Waals surface area (Å²) in [6.07, 6.45) is 9.16. The van der Waals surface area contributed by atoms with Crippen LogP contribution in [0.1, 0.15) is 70.2 Å². The number of aromatic hydroxyl groups is 1. The Morgan fingerprint density at radius 3 is 2.48 bits per heavy atom. The Morgan fingerprint density at radius 2 is 1.80 bits per heavy atom. The highest BCUT2D eigenvalue weighted by molar-refractivity contribution is 5.89. The van der Waals surface area contributed by atoms with Crippen molar-refractivity contribution in [3.8, 4) is 5.75 Å². The number of hydrogen-bond acceptors (Lipinski definition) is 3. The molecule has 0 unspecified atom stereocenters. The number of rotatable bonds is 2. The second-order valence-electron chi connectivity index (χ2n) is 7.99. The SMILES string of the molecule is CC1=CCC(C)(C)C[C@H](OC(=O)c2ccc(O)cc2)C/C(C)=C\CC1. The Labute approximate surface area is 151 Å². The fraction of sp³-hybridized carbons (Fsp3) is 0.500. The summed E-state index contributed by atoms with van der Waals surface area (Å²) in [4.78, 5) is 12.5. The highest BCUT2D eigenvalue weighted by Gasteiger charge is 2.26. The van der Waals surface area contributed by atoms with E-state index in [2.05, 4.69) is 39.8 Å². The topological polar surface area (TPSA) is 46.5 Å². The van der Waals surface area contributed by atoms with Crippen molar-refractivity contribution in [2.75, 3.05) is 0 Å². The van der Waals surface area contributed by atoms with Gasteiger partial charge in [0, 0.05) is 6.42 Å². The minimum absolute atomic E-state index is 0.0752. The van der Waals surface area contributed by atoms with Gasteiger partial charge in [0.2, 0.25) is 0 Å². The first-order valence-corrected chi connectivity index (χ1v) is 9.06. The monoisotopic (exact) mass is 342 g/mol. The molecule has 1 aliphatic rings. The third-order valence-electron chi connectivity index (χ3n) is 4.74. The molecule has 0 saturated heterocycles. The largest absolute Gasteiger partial charge is 0.508 e. The van der Waals surface area contributed by atoms with Crippen LogP contribution < -0.4 is 0 Å². The van der Waals surface area contributed by atoms with Crippen LogP contribution in [0.4, 0.5) is 0 Å². The van der Waals surface area contributed by atoms with Crippen molar-refractivity contribution in [1.29, 1.82) is 0 Å². The second-order valence-corrected chi connectivity index (χ2v) is 7.99. The highest BCUT2D eigenvalue weighted by Crippen LogP contribution is 2.32. The lowest BCUT2D eigenvalue weighted by molar-refractivity contribution is 0.0191. The zero-order valence-electron chi connectivity index (χ0n) is 15.8. The molecule has 0 heterocycles. The van der Waals surface area contributed by atoms with Crippen molar-refractivity contribution in [2.45, 2.75) is 65.9 Å². The number of phenolic OH excluding ortho intramolecular Hbond substituents is 1. The first-order chi connectivity index (χ1) is 11.7. The number of hydrogen-bond donors (Lipinski definition) is 1. The predicted molar refractivity (Wildman–Crippen MR) is 102 cm³/mol. The first kappa shape index (κ1) is 19.3. The summed E-state index contributed by atoms with van der Waals surface area (Å²) >= 11 is 0. The molecule has 0 fully saturated rings. The van der Waals surface area contributed by atoms with Crippen molar-refractivity contribution >= 4 is 5.97 Å². The van der Waals surface area contributed by atoms with E-state index in [0.29, 0.717) is 5.56 Å². The summed E-state index contributed by atoms with van der Waals surface area (Å²) in [5, 5.41) is 9.37. The van der Waals surface area contributed by atoms with E-state index in [-0.39, 0.29) is 23.2 Å². The van der Waals surface area contributed by atoms with E-state index in [1.807, 2.05) is 0 Å². The van der Waals surface area contributed by atoms with E-state index in [9.17, 15) is 9.90 Å². The van der Waals surface area contributed by atoms with Crippen molar-refractivity contribution in [1.82, 2.24) is 0 Å². The molecule has 25 heavy (non-hydrogen) atoms. The van der Waals surface area contributed by atoms with Gasteiger partial charge in [0.1, 0.15) is 11.9 Å². The van der Waals surface area contributed by atoms with Gasteiger partial charge >= 0.3 is 5.97 Å². The van der Waals surface area contributed by atoms with Crippen LogP contribution in [0.3, 0.4) is 0 Å². The minimum atomic E-state index is -0.324. The quantitative estimate of drug-likeness (QED) is 0.546. The molecular formula is C22H30O3. The smallest absolute Gasteiger partial charge is 0.338 e. The van der Waals surface area contributed by atoms with Gasteiger partial charge in [0.05, 0.1) is 5.56 Å². The van der Waals surface area contributed by atoms with Gasteiger partial charge in [-0.3, -0.25) is 0 Å². The summed E-state index contributed by atoms with van der Waals surface area (Å²) in [5.74, 6) is -0.177.